The molecule has 0 atom stereocenters. The van der Waals surface area contributed by atoms with Crippen molar-refractivity contribution in [3.63, 3.8) is 0 Å². The van der Waals surface area contributed by atoms with Crippen LogP contribution in [0.25, 0.3) is 16.6 Å². The van der Waals surface area contributed by atoms with Crippen molar-refractivity contribution in [1.82, 2.24) is 29.9 Å². The molecule has 8 nitrogen and oxygen atoms in total. The fourth-order valence-corrected chi connectivity index (χ4v) is 3.77. The molecule has 4 aromatic rings. The Bertz CT molecular complexity index is 1180. The predicted molar refractivity (Wildman–Crippen MR) is 114 cm³/mol. The SMILES string of the molecule is O=C(c1ccccc1-n1nccn1)N1CCCN(c2ncc3ccccc3n2)CC1. The molecule has 0 unspecified atom stereocenters. The van der Waals surface area contributed by atoms with E-state index in [0.29, 0.717) is 36.8 Å². The van der Waals surface area contributed by atoms with Crippen LogP contribution in [-0.4, -0.2) is 61.9 Å². The Labute approximate surface area is 173 Å². The summed E-state index contributed by atoms with van der Waals surface area (Å²) >= 11 is 0. The van der Waals surface area contributed by atoms with Crippen LogP contribution in [0.4, 0.5) is 5.95 Å². The Morgan fingerprint density at radius 3 is 2.57 bits per heavy atom. The van der Waals surface area contributed by atoms with Crippen LogP contribution >= 0.6 is 0 Å². The smallest absolute Gasteiger partial charge is 0.256 e. The number of benzene rings is 2. The molecule has 0 bridgehead atoms. The monoisotopic (exact) mass is 399 g/mol. The molecule has 30 heavy (non-hydrogen) atoms. The second-order valence-electron chi connectivity index (χ2n) is 7.20. The van der Waals surface area contributed by atoms with Gasteiger partial charge >= 0.3 is 0 Å². The first-order chi connectivity index (χ1) is 14.8. The summed E-state index contributed by atoms with van der Waals surface area (Å²) in [4.78, 5) is 28.1. The summed E-state index contributed by atoms with van der Waals surface area (Å²) in [5, 5.41) is 9.38. The Morgan fingerprint density at radius 2 is 1.67 bits per heavy atom. The molecule has 0 N–H and O–H groups in total. The van der Waals surface area contributed by atoms with Gasteiger partial charge < -0.3 is 9.80 Å². The van der Waals surface area contributed by atoms with Crippen LogP contribution in [-0.2, 0) is 0 Å². The minimum Gasteiger partial charge on any atom is -0.339 e. The average molecular weight is 399 g/mol. The van der Waals surface area contributed by atoms with Gasteiger partial charge in [0.25, 0.3) is 5.91 Å². The number of amides is 1. The Hall–Kier alpha value is -3.81. The highest BCUT2D eigenvalue weighted by molar-refractivity contribution is 5.97. The molecule has 8 heteroatoms. The molecule has 2 aromatic carbocycles. The topological polar surface area (TPSA) is 80.0 Å². The summed E-state index contributed by atoms with van der Waals surface area (Å²) in [6.45, 7) is 2.79. The van der Waals surface area contributed by atoms with Crippen molar-refractivity contribution in [3.05, 3.63) is 72.7 Å². The largest absolute Gasteiger partial charge is 0.339 e. The molecule has 1 fully saturated rings. The highest BCUT2D eigenvalue weighted by atomic mass is 16.2. The van der Waals surface area contributed by atoms with Crippen LogP contribution < -0.4 is 4.90 Å². The first-order valence-corrected chi connectivity index (χ1v) is 10.0. The molecule has 0 radical (unpaired) electrons. The van der Waals surface area contributed by atoms with Crippen LogP contribution in [0, 0.1) is 0 Å². The summed E-state index contributed by atoms with van der Waals surface area (Å²) in [5.41, 5.74) is 2.22. The number of carbonyl (C=O) groups is 1. The number of fused-ring (bicyclic) bond motifs is 1. The number of hydrogen-bond acceptors (Lipinski definition) is 6. The lowest BCUT2D eigenvalue weighted by Crippen LogP contribution is -2.36. The van der Waals surface area contributed by atoms with Crippen molar-refractivity contribution >= 4 is 22.8 Å². The Kier molecular flexibility index (Phi) is 4.80. The summed E-state index contributed by atoms with van der Waals surface area (Å²) in [6, 6.07) is 15.4. The molecule has 2 aromatic heterocycles. The highest BCUT2D eigenvalue weighted by Crippen LogP contribution is 2.19. The van der Waals surface area contributed by atoms with Gasteiger partial charge in [0, 0.05) is 37.8 Å². The van der Waals surface area contributed by atoms with E-state index in [9.17, 15) is 4.79 Å². The Morgan fingerprint density at radius 1 is 0.867 bits per heavy atom. The maximum Gasteiger partial charge on any atom is 0.256 e. The lowest BCUT2D eigenvalue weighted by atomic mass is 10.1. The van der Waals surface area contributed by atoms with Crippen LogP contribution in [0.3, 0.4) is 0 Å². The number of anilines is 1. The normalized spacial score (nSPS) is 14.7. The number of nitrogens with zero attached hydrogens (tertiary/aromatic N) is 7. The summed E-state index contributed by atoms with van der Waals surface area (Å²) < 4.78 is 0. The fourth-order valence-electron chi connectivity index (χ4n) is 3.77. The second kappa shape index (κ2) is 7.90. The third-order valence-corrected chi connectivity index (χ3v) is 5.31. The molecule has 150 valence electrons. The van der Waals surface area contributed by atoms with E-state index in [-0.39, 0.29) is 5.91 Å². The van der Waals surface area contributed by atoms with Crippen molar-refractivity contribution in [2.75, 3.05) is 31.1 Å². The third kappa shape index (κ3) is 3.47. The molecule has 5 rings (SSSR count). The van der Waals surface area contributed by atoms with E-state index in [0.717, 1.165) is 23.9 Å². The summed E-state index contributed by atoms with van der Waals surface area (Å²) in [5.74, 6) is 0.702. The average Bonchev–Trinajstić information content (AvgIpc) is 3.23. The van der Waals surface area contributed by atoms with Gasteiger partial charge in [-0.25, -0.2) is 9.97 Å². The number of carbonyl (C=O) groups excluding carboxylic acids is 1. The number of para-hydroxylation sites is 2. The lowest BCUT2D eigenvalue weighted by molar-refractivity contribution is 0.0766. The number of hydrogen-bond donors (Lipinski definition) is 0. The van der Waals surface area contributed by atoms with E-state index in [1.807, 2.05) is 59.6 Å². The number of aromatic nitrogens is 5. The van der Waals surface area contributed by atoms with E-state index >= 15 is 0 Å². The van der Waals surface area contributed by atoms with Crippen LogP contribution in [0.15, 0.2) is 67.1 Å². The van der Waals surface area contributed by atoms with Crippen molar-refractivity contribution in [2.24, 2.45) is 0 Å². The van der Waals surface area contributed by atoms with E-state index in [4.69, 9.17) is 4.98 Å². The van der Waals surface area contributed by atoms with E-state index in [2.05, 4.69) is 20.1 Å². The van der Waals surface area contributed by atoms with Crippen LogP contribution in [0.5, 0.6) is 0 Å². The Balaban J connectivity index is 1.35. The third-order valence-electron chi connectivity index (χ3n) is 5.31. The van der Waals surface area contributed by atoms with Gasteiger partial charge in [0.05, 0.1) is 29.2 Å². The summed E-state index contributed by atoms with van der Waals surface area (Å²) in [6.07, 6.45) is 5.92. The van der Waals surface area contributed by atoms with Gasteiger partial charge in [-0.05, 0) is 24.6 Å². The minimum absolute atomic E-state index is 0.0100. The van der Waals surface area contributed by atoms with Gasteiger partial charge in [-0.3, -0.25) is 4.79 Å². The van der Waals surface area contributed by atoms with E-state index in [1.54, 1.807) is 12.4 Å². The second-order valence-corrected chi connectivity index (χ2v) is 7.20. The van der Waals surface area contributed by atoms with E-state index < -0.39 is 0 Å². The van der Waals surface area contributed by atoms with Crippen molar-refractivity contribution in [1.29, 1.82) is 0 Å². The summed E-state index contributed by atoms with van der Waals surface area (Å²) in [7, 11) is 0. The first-order valence-electron chi connectivity index (χ1n) is 10.0. The molecular weight excluding hydrogens is 378 g/mol. The zero-order chi connectivity index (χ0) is 20.3. The minimum atomic E-state index is -0.0100. The van der Waals surface area contributed by atoms with Gasteiger partial charge in [-0.15, -0.1) is 0 Å². The lowest BCUT2D eigenvalue weighted by Gasteiger charge is -2.23. The number of rotatable bonds is 3. The molecule has 1 amide bonds. The van der Waals surface area contributed by atoms with Gasteiger partial charge in [-0.2, -0.15) is 15.0 Å². The molecule has 1 aliphatic heterocycles. The zero-order valence-electron chi connectivity index (χ0n) is 16.4. The van der Waals surface area contributed by atoms with E-state index in [1.165, 1.54) is 4.80 Å². The van der Waals surface area contributed by atoms with Gasteiger partial charge in [0.1, 0.15) is 0 Å². The molecule has 0 aliphatic carbocycles. The predicted octanol–water partition coefficient (Wildman–Crippen LogP) is 2.56. The quantitative estimate of drug-likeness (QED) is 0.527. The van der Waals surface area contributed by atoms with Crippen LogP contribution in [0.1, 0.15) is 16.8 Å². The van der Waals surface area contributed by atoms with Gasteiger partial charge in [0.2, 0.25) is 5.95 Å². The van der Waals surface area contributed by atoms with Crippen molar-refractivity contribution in [2.45, 2.75) is 6.42 Å². The maximum absolute atomic E-state index is 13.3. The maximum atomic E-state index is 13.3. The van der Waals surface area contributed by atoms with Gasteiger partial charge in [-0.1, -0.05) is 30.3 Å². The molecule has 1 saturated heterocycles. The highest BCUT2D eigenvalue weighted by Gasteiger charge is 2.24. The van der Waals surface area contributed by atoms with Crippen molar-refractivity contribution < 1.29 is 4.79 Å². The molecule has 0 saturated carbocycles. The first kappa shape index (κ1) is 18.2. The standard InChI is InChI=1S/C22H21N7O/c30-21(18-7-2-4-9-20(18)29-24-10-11-25-29)27-12-5-13-28(15-14-27)22-23-16-17-6-1-3-8-19(17)26-22/h1-4,6-11,16H,5,12-15H2. The van der Waals surface area contributed by atoms with Gasteiger partial charge in [0.15, 0.2) is 0 Å². The molecule has 0 spiro atoms. The molecule has 1 aliphatic rings. The van der Waals surface area contributed by atoms with Crippen molar-refractivity contribution in [3.8, 4) is 5.69 Å². The fraction of sp³-hybridized carbons (Fsp3) is 0.227. The van der Waals surface area contributed by atoms with Crippen LogP contribution in [0.2, 0.25) is 0 Å². The molecule has 3 heterocycles. The zero-order valence-corrected chi connectivity index (χ0v) is 16.4. The molecular formula is C22H21N7O.